The summed E-state index contributed by atoms with van der Waals surface area (Å²) >= 11 is 11.7. The first-order valence-electron chi connectivity index (χ1n) is 5.23. The number of hydrogen-bond donors (Lipinski definition) is 2. The molecule has 0 aliphatic heterocycles. The van der Waals surface area contributed by atoms with Crippen molar-refractivity contribution in [2.75, 3.05) is 11.1 Å². The molecule has 0 aliphatic carbocycles. The molecule has 3 N–H and O–H groups in total. The van der Waals surface area contributed by atoms with E-state index in [4.69, 9.17) is 34.2 Å². The lowest BCUT2D eigenvalue weighted by Crippen LogP contribution is -1.99. The van der Waals surface area contributed by atoms with E-state index in [0.29, 0.717) is 27.1 Å². The SMILES string of the molecule is N#Cc1c(F)cccc1Nc1cc(Cl)c(Cl)cc1N. The molecular formula is C13H8Cl2FN3. The molecule has 0 atom stereocenters. The number of nitrogens with one attached hydrogen (secondary N) is 1. The summed E-state index contributed by atoms with van der Waals surface area (Å²) in [5, 5.41) is 12.4. The van der Waals surface area contributed by atoms with Crippen molar-refractivity contribution in [1.82, 2.24) is 0 Å². The Labute approximate surface area is 119 Å². The van der Waals surface area contributed by atoms with Crippen molar-refractivity contribution in [1.29, 1.82) is 5.26 Å². The van der Waals surface area contributed by atoms with Crippen LogP contribution >= 0.6 is 23.2 Å². The molecule has 0 saturated heterocycles. The van der Waals surface area contributed by atoms with Gasteiger partial charge in [-0.15, -0.1) is 0 Å². The van der Waals surface area contributed by atoms with Crippen LogP contribution in [0, 0.1) is 17.1 Å². The van der Waals surface area contributed by atoms with E-state index in [9.17, 15) is 4.39 Å². The summed E-state index contributed by atoms with van der Waals surface area (Å²) in [6.07, 6.45) is 0. The van der Waals surface area contributed by atoms with Gasteiger partial charge in [-0.1, -0.05) is 29.3 Å². The largest absolute Gasteiger partial charge is 0.397 e. The quantitative estimate of drug-likeness (QED) is 0.811. The van der Waals surface area contributed by atoms with E-state index in [1.54, 1.807) is 12.1 Å². The van der Waals surface area contributed by atoms with Gasteiger partial charge in [-0.05, 0) is 24.3 Å². The number of halogens is 3. The molecule has 0 bridgehead atoms. The number of rotatable bonds is 2. The maximum Gasteiger partial charge on any atom is 0.143 e. The van der Waals surface area contributed by atoms with E-state index in [1.807, 2.05) is 0 Å². The molecule has 96 valence electrons. The van der Waals surface area contributed by atoms with Gasteiger partial charge in [0.2, 0.25) is 0 Å². The minimum Gasteiger partial charge on any atom is -0.397 e. The number of anilines is 3. The summed E-state index contributed by atoms with van der Waals surface area (Å²) in [4.78, 5) is 0. The predicted octanol–water partition coefficient (Wildman–Crippen LogP) is 4.33. The summed E-state index contributed by atoms with van der Waals surface area (Å²) in [6.45, 7) is 0. The Morgan fingerprint density at radius 3 is 2.53 bits per heavy atom. The fourth-order valence-corrected chi connectivity index (χ4v) is 1.89. The van der Waals surface area contributed by atoms with Crippen LogP contribution in [0.2, 0.25) is 10.0 Å². The smallest absolute Gasteiger partial charge is 0.143 e. The molecule has 6 heteroatoms. The number of benzene rings is 2. The minimum atomic E-state index is -0.605. The van der Waals surface area contributed by atoms with Crippen molar-refractivity contribution in [2.45, 2.75) is 0 Å². The Bertz CT molecular complexity index is 680. The molecule has 2 aromatic carbocycles. The van der Waals surface area contributed by atoms with Gasteiger partial charge in [0.05, 0.1) is 27.1 Å². The molecule has 3 nitrogen and oxygen atoms in total. The van der Waals surface area contributed by atoms with Crippen LogP contribution in [0.1, 0.15) is 5.56 Å². The van der Waals surface area contributed by atoms with E-state index in [-0.39, 0.29) is 5.56 Å². The van der Waals surface area contributed by atoms with Gasteiger partial charge in [-0.2, -0.15) is 5.26 Å². The maximum absolute atomic E-state index is 13.5. The molecule has 0 aromatic heterocycles. The van der Waals surface area contributed by atoms with E-state index >= 15 is 0 Å². The van der Waals surface area contributed by atoms with Crippen molar-refractivity contribution in [3.05, 3.63) is 51.8 Å². The summed E-state index contributed by atoms with van der Waals surface area (Å²) in [7, 11) is 0. The van der Waals surface area contributed by atoms with Crippen molar-refractivity contribution < 1.29 is 4.39 Å². The second kappa shape index (κ2) is 5.35. The lowest BCUT2D eigenvalue weighted by molar-refractivity contribution is 0.624. The third kappa shape index (κ3) is 2.73. The normalized spacial score (nSPS) is 10.0. The predicted molar refractivity (Wildman–Crippen MR) is 75.3 cm³/mol. The Morgan fingerprint density at radius 1 is 1.16 bits per heavy atom. The van der Waals surface area contributed by atoms with Gasteiger partial charge in [-0.3, -0.25) is 0 Å². The van der Waals surface area contributed by atoms with Crippen LogP contribution in [0.5, 0.6) is 0 Å². The van der Waals surface area contributed by atoms with Crippen LogP contribution in [0.25, 0.3) is 0 Å². The van der Waals surface area contributed by atoms with E-state index < -0.39 is 5.82 Å². The van der Waals surface area contributed by atoms with Crippen LogP contribution in [-0.2, 0) is 0 Å². The molecule has 0 heterocycles. The molecule has 0 amide bonds. The van der Waals surface area contributed by atoms with Crippen molar-refractivity contribution in [3.8, 4) is 6.07 Å². The zero-order chi connectivity index (χ0) is 14.0. The summed E-state index contributed by atoms with van der Waals surface area (Å²) in [6, 6.07) is 9.07. The van der Waals surface area contributed by atoms with Crippen molar-refractivity contribution in [2.24, 2.45) is 0 Å². The first-order valence-corrected chi connectivity index (χ1v) is 5.98. The fourth-order valence-electron chi connectivity index (χ4n) is 1.56. The zero-order valence-electron chi connectivity index (χ0n) is 9.55. The minimum absolute atomic E-state index is 0.0898. The molecule has 0 radical (unpaired) electrons. The number of nitrogen functional groups attached to an aromatic ring is 1. The monoisotopic (exact) mass is 295 g/mol. The Kier molecular flexibility index (Phi) is 3.79. The van der Waals surface area contributed by atoms with Gasteiger partial charge in [0, 0.05) is 0 Å². The van der Waals surface area contributed by atoms with Gasteiger partial charge in [0.15, 0.2) is 0 Å². The zero-order valence-corrected chi connectivity index (χ0v) is 11.1. The molecule has 19 heavy (non-hydrogen) atoms. The topological polar surface area (TPSA) is 61.8 Å². The molecule has 0 fully saturated rings. The Balaban J connectivity index is 2.45. The highest BCUT2D eigenvalue weighted by Gasteiger charge is 2.10. The van der Waals surface area contributed by atoms with Crippen LogP contribution in [0.4, 0.5) is 21.5 Å². The molecule has 2 aromatic rings. The van der Waals surface area contributed by atoms with Gasteiger partial charge >= 0.3 is 0 Å². The van der Waals surface area contributed by atoms with E-state index in [0.717, 1.165) is 0 Å². The van der Waals surface area contributed by atoms with Crippen LogP contribution < -0.4 is 11.1 Å². The number of nitriles is 1. The van der Waals surface area contributed by atoms with Gasteiger partial charge in [-0.25, -0.2) is 4.39 Å². The molecule has 0 aliphatic rings. The first kappa shape index (κ1) is 13.5. The van der Waals surface area contributed by atoms with Gasteiger partial charge < -0.3 is 11.1 Å². The lowest BCUT2D eigenvalue weighted by Gasteiger charge is -2.12. The highest BCUT2D eigenvalue weighted by atomic mass is 35.5. The molecular weight excluding hydrogens is 288 g/mol. The third-order valence-corrected chi connectivity index (χ3v) is 3.21. The first-order chi connectivity index (χ1) is 9.02. The third-order valence-electron chi connectivity index (χ3n) is 2.49. The van der Waals surface area contributed by atoms with E-state index in [2.05, 4.69) is 5.32 Å². The molecule has 0 unspecified atom stereocenters. The molecule has 0 saturated carbocycles. The maximum atomic E-state index is 13.5. The number of nitrogens with two attached hydrogens (primary N) is 1. The average molecular weight is 296 g/mol. The lowest BCUT2D eigenvalue weighted by atomic mass is 10.1. The van der Waals surface area contributed by atoms with Crippen LogP contribution in [0.15, 0.2) is 30.3 Å². The fraction of sp³-hybridized carbons (Fsp3) is 0. The highest BCUT2D eigenvalue weighted by molar-refractivity contribution is 6.42. The second-order valence-electron chi connectivity index (χ2n) is 3.75. The molecule has 2 rings (SSSR count). The average Bonchev–Trinajstić information content (AvgIpc) is 2.36. The van der Waals surface area contributed by atoms with Crippen molar-refractivity contribution in [3.63, 3.8) is 0 Å². The molecule has 0 spiro atoms. The number of hydrogen-bond acceptors (Lipinski definition) is 3. The highest BCUT2D eigenvalue weighted by Crippen LogP contribution is 2.33. The van der Waals surface area contributed by atoms with E-state index in [1.165, 1.54) is 24.3 Å². The number of nitrogens with zero attached hydrogens (tertiary/aromatic N) is 1. The summed E-state index contributed by atoms with van der Waals surface area (Å²) in [5.74, 6) is -0.605. The van der Waals surface area contributed by atoms with Crippen LogP contribution in [0.3, 0.4) is 0 Å². The Hall–Kier alpha value is -1.96. The summed E-state index contributed by atoms with van der Waals surface area (Å²) in [5.41, 5.74) is 6.81. The van der Waals surface area contributed by atoms with Crippen LogP contribution in [-0.4, -0.2) is 0 Å². The van der Waals surface area contributed by atoms with Gasteiger partial charge in [0.1, 0.15) is 17.4 Å². The van der Waals surface area contributed by atoms with Gasteiger partial charge in [0.25, 0.3) is 0 Å². The second-order valence-corrected chi connectivity index (χ2v) is 4.57. The van der Waals surface area contributed by atoms with Crippen molar-refractivity contribution >= 4 is 40.3 Å². The Morgan fingerprint density at radius 2 is 1.84 bits per heavy atom. The summed E-state index contributed by atoms with van der Waals surface area (Å²) < 4.78 is 13.5. The standard InChI is InChI=1S/C13H8Cl2FN3/c14-8-4-11(18)13(5-9(8)15)19-12-3-1-2-10(16)7(12)6-17/h1-5,19H,18H2.